The van der Waals surface area contributed by atoms with E-state index < -0.39 is 5.54 Å². The van der Waals surface area contributed by atoms with Crippen molar-refractivity contribution in [2.24, 2.45) is 0 Å². The Morgan fingerprint density at radius 3 is 2.29 bits per heavy atom. The number of methoxy groups -OCH3 is 2. The van der Waals surface area contributed by atoms with Crippen LogP contribution in [0.3, 0.4) is 0 Å². The average Bonchev–Trinajstić information content (AvgIpc) is 2.74. The second-order valence-corrected chi connectivity index (χ2v) is 6.22. The van der Waals surface area contributed by atoms with Crippen LogP contribution in [0.25, 0.3) is 0 Å². The predicted molar refractivity (Wildman–Crippen MR) is 112 cm³/mol. The van der Waals surface area contributed by atoms with Crippen molar-refractivity contribution in [1.82, 2.24) is 0 Å². The van der Waals surface area contributed by atoms with Gasteiger partial charge < -0.3 is 19.1 Å². The first kappa shape index (κ1) is 21.4. The Kier molecular flexibility index (Phi) is 7.50. The number of nitrogens with zero attached hydrogens (tertiary/aromatic N) is 1. The minimum Gasteiger partial charge on any atom is -0.497 e. The van der Waals surface area contributed by atoms with Crippen molar-refractivity contribution in [2.45, 2.75) is 25.8 Å². The molecule has 2 rings (SSSR count). The summed E-state index contributed by atoms with van der Waals surface area (Å²) < 4.78 is 16.4. The fourth-order valence-electron chi connectivity index (χ4n) is 3.55. The Hall–Kier alpha value is -2.95. The van der Waals surface area contributed by atoms with Crippen LogP contribution in [-0.4, -0.2) is 33.3 Å². The lowest BCUT2D eigenvalue weighted by molar-refractivity contribution is -0.150. The van der Waals surface area contributed by atoms with Gasteiger partial charge in [-0.1, -0.05) is 24.3 Å². The first-order chi connectivity index (χ1) is 13.6. The third-order valence-electron chi connectivity index (χ3n) is 4.77. The van der Waals surface area contributed by atoms with Crippen LogP contribution in [0, 0.1) is 0 Å². The zero-order chi connectivity index (χ0) is 20.6. The summed E-state index contributed by atoms with van der Waals surface area (Å²) in [7, 11) is 3.23. The molecule has 1 atom stereocenters. The van der Waals surface area contributed by atoms with Gasteiger partial charge in [0, 0.05) is 24.2 Å². The van der Waals surface area contributed by atoms with E-state index in [4.69, 9.17) is 14.2 Å². The number of para-hydroxylation sites is 1. The van der Waals surface area contributed by atoms with Gasteiger partial charge in [-0.3, -0.25) is 0 Å². The van der Waals surface area contributed by atoms with E-state index in [-0.39, 0.29) is 12.6 Å². The van der Waals surface area contributed by atoms with Gasteiger partial charge in [-0.2, -0.15) is 0 Å². The number of benzene rings is 2. The Labute approximate surface area is 167 Å². The van der Waals surface area contributed by atoms with Gasteiger partial charge in [0.15, 0.2) is 5.54 Å². The van der Waals surface area contributed by atoms with Gasteiger partial charge in [0.2, 0.25) is 0 Å². The molecule has 2 aromatic rings. The van der Waals surface area contributed by atoms with E-state index in [2.05, 4.69) is 6.58 Å². The van der Waals surface area contributed by atoms with Crippen molar-refractivity contribution in [3.8, 4) is 11.5 Å². The molecular formula is C23H29NO4. The number of esters is 1. The molecule has 150 valence electrons. The maximum atomic E-state index is 13.4. The lowest BCUT2D eigenvalue weighted by Crippen LogP contribution is -2.53. The Morgan fingerprint density at radius 2 is 1.75 bits per heavy atom. The Morgan fingerprint density at radius 1 is 1.07 bits per heavy atom. The van der Waals surface area contributed by atoms with Crippen LogP contribution in [0.5, 0.6) is 11.5 Å². The molecule has 0 bridgehead atoms. The molecule has 0 spiro atoms. The average molecular weight is 383 g/mol. The fourth-order valence-corrected chi connectivity index (χ4v) is 3.55. The summed E-state index contributed by atoms with van der Waals surface area (Å²) in [4.78, 5) is 15.5. The van der Waals surface area contributed by atoms with E-state index in [0.29, 0.717) is 18.7 Å². The summed E-state index contributed by atoms with van der Waals surface area (Å²) in [6.07, 6.45) is 2.11. The van der Waals surface area contributed by atoms with Crippen LogP contribution >= 0.6 is 0 Å². The summed E-state index contributed by atoms with van der Waals surface area (Å²) in [5.74, 6) is 1.05. The van der Waals surface area contributed by atoms with Gasteiger partial charge in [-0.25, -0.2) is 4.79 Å². The van der Waals surface area contributed by atoms with Crippen LogP contribution in [0.1, 0.15) is 25.8 Å². The minimum absolute atomic E-state index is 0.285. The zero-order valence-corrected chi connectivity index (χ0v) is 17.1. The topological polar surface area (TPSA) is 48.0 Å². The summed E-state index contributed by atoms with van der Waals surface area (Å²) >= 11 is 0. The molecular weight excluding hydrogens is 354 g/mol. The molecule has 5 nitrogen and oxygen atoms in total. The number of carbonyl (C=O) groups is 1. The molecule has 0 N–H and O–H groups in total. The minimum atomic E-state index is -1.10. The van der Waals surface area contributed by atoms with Crippen LogP contribution in [0.4, 0.5) is 5.69 Å². The van der Waals surface area contributed by atoms with Crippen LogP contribution in [0.15, 0.2) is 61.2 Å². The highest BCUT2D eigenvalue weighted by Gasteiger charge is 2.47. The third kappa shape index (κ3) is 3.98. The van der Waals surface area contributed by atoms with Crippen molar-refractivity contribution in [1.29, 1.82) is 0 Å². The summed E-state index contributed by atoms with van der Waals surface area (Å²) in [5, 5.41) is 0. The molecule has 1 unspecified atom stereocenters. The molecule has 0 saturated heterocycles. The first-order valence-electron chi connectivity index (χ1n) is 9.42. The van der Waals surface area contributed by atoms with Crippen molar-refractivity contribution in [3.05, 3.63) is 66.7 Å². The standard InChI is InChI=1S/C23H29NO4/c1-6-17-23(22(25)28-8-3,20-11-9-10-12-21(20)27-5)24(7-2)18-13-15-19(26-4)16-14-18/h6,9-16H,1,7-8,17H2,2-5H3. The van der Waals surface area contributed by atoms with Crippen molar-refractivity contribution < 1.29 is 19.0 Å². The van der Waals surface area contributed by atoms with Crippen molar-refractivity contribution in [3.63, 3.8) is 0 Å². The SMILES string of the molecule is C=CCC(C(=O)OCC)(c1ccccc1OC)N(CC)c1ccc(OC)cc1. The largest absolute Gasteiger partial charge is 0.497 e. The maximum absolute atomic E-state index is 13.4. The van der Waals surface area contributed by atoms with Crippen molar-refractivity contribution in [2.75, 3.05) is 32.3 Å². The number of hydrogen-bond donors (Lipinski definition) is 0. The van der Waals surface area contributed by atoms with Gasteiger partial charge in [0.1, 0.15) is 11.5 Å². The van der Waals surface area contributed by atoms with E-state index in [1.54, 1.807) is 20.3 Å². The molecule has 0 aliphatic heterocycles. The highest BCUT2D eigenvalue weighted by atomic mass is 16.5. The van der Waals surface area contributed by atoms with Gasteiger partial charge >= 0.3 is 5.97 Å². The van der Waals surface area contributed by atoms with E-state index in [1.807, 2.05) is 67.3 Å². The van der Waals surface area contributed by atoms with Gasteiger partial charge in [-0.05, 0) is 44.2 Å². The monoisotopic (exact) mass is 383 g/mol. The predicted octanol–water partition coefficient (Wildman–Crippen LogP) is 4.56. The molecule has 0 aliphatic rings. The number of ether oxygens (including phenoxy) is 3. The van der Waals surface area contributed by atoms with Crippen LogP contribution in [-0.2, 0) is 15.1 Å². The molecule has 2 aromatic carbocycles. The maximum Gasteiger partial charge on any atom is 0.337 e. The van der Waals surface area contributed by atoms with E-state index in [1.165, 1.54) is 0 Å². The Balaban J connectivity index is 2.75. The number of rotatable bonds is 10. The highest BCUT2D eigenvalue weighted by molar-refractivity contribution is 5.88. The molecule has 0 amide bonds. The number of likely N-dealkylation sites (N-methyl/N-ethyl adjacent to an activating group) is 1. The van der Waals surface area contributed by atoms with E-state index in [9.17, 15) is 4.79 Å². The van der Waals surface area contributed by atoms with Gasteiger partial charge in [-0.15, -0.1) is 6.58 Å². The van der Waals surface area contributed by atoms with Crippen molar-refractivity contribution >= 4 is 11.7 Å². The van der Waals surface area contributed by atoms with E-state index in [0.717, 1.165) is 17.0 Å². The molecule has 5 heteroatoms. The second kappa shape index (κ2) is 9.83. The normalized spacial score (nSPS) is 12.6. The molecule has 0 aromatic heterocycles. The highest BCUT2D eigenvalue weighted by Crippen LogP contribution is 2.42. The van der Waals surface area contributed by atoms with Crippen LogP contribution in [0.2, 0.25) is 0 Å². The van der Waals surface area contributed by atoms with Crippen LogP contribution < -0.4 is 14.4 Å². The lowest BCUT2D eigenvalue weighted by atomic mass is 9.83. The molecule has 0 fully saturated rings. The first-order valence-corrected chi connectivity index (χ1v) is 9.42. The third-order valence-corrected chi connectivity index (χ3v) is 4.77. The smallest absolute Gasteiger partial charge is 0.337 e. The number of anilines is 1. The van der Waals surface area contributed by atoms with Gasteiger partial charge in [0.25, 0.3) is 0 Å². The molecule has 0 heterocycles. The fraction of sp³-hybridized carbons (Fsp3) is 0.348. The molecule has 28 heavy (non-hydrogen) atoms. The zero-order valence-electron chi connectivity index (χ0n) is 17.1. The molecule has 0 saturated carbocycles. The summed E-state index contributed by atoms with van der Waals surface area (Å²) in [6, 6.07) is 15.2. The quantitative estimate of drug-likeness (QED) is 0.444. The lowest BCUT2D eigenvalue weighted by Gasteiger charge is -2.43. The number of carbonyl (C=O) groups excluding carboxylic acids is 1. The molecule has 0 radical (unpaired) electrons. The summed E-state index contributed by atoms with van der Waals surface area (Å²) in [5.41, 5.74) is 0.519. The summed E-state index contributed by atoms with van der Waals surface area (Å²) in [6.45, 7) is 8.60. The molecule has 0 aliphatic carbocycles. The second-order valence-electron chi connectivity index (χ2n) is 6.22. The van der Waals surface area contributed by atoms with Gasteiger partial charge in [0.05, 0.1) is 20.8 Å². The van der Waals surface area contributed by atoms with E-state index >= 15 is 0 Å². The Bertz CT molecular complexity index is 787. The number of hydrogen-bond acceptors (Lipinski definition) is 5.